The van der Waals surface area contributed by atoms with E-state index in [9.17, 15) is 0 Å². The van der Waals surface area contributed by atoms with Crippen LogP contribution >= 0.6 is 0 Å². The highest BCUT2D eigenvalue weighted by Gasteiger charge is 2.08. The number of hydrogen-bond donors (Lipinski definition) is 1. The molecule has 3 heteroatoms. The Hall–Kier alpha value is -0.830. The molecule has 0 aromatic carbocycles. The summed E-state index contributed by atoms with van der Waals surface area (Å²) in [7, 11) is 0. The van der Waals surface area contributed by atoms with E-state index in [4.69, 9.17) is 5.73 Å². The van der Waals surface area contributed by atoms with Crippen LogP contribution in [-0.2, 0) is 13.0 Å². The Kier molecular flexibility index (Phi) is 4.33. The van der Waals surface area contributed by atoms with Crippen LogP contribution in [0.15, 0.2) is 0 Å². The third-order valence-electron chi connectivity index (χ3n) is 2.91. The maximum atomic E-state index is 5.73. The van der Waals surface area contributed by atoms with Crippen molar-refractivity contribution in [1.29, 1.82) is 0 Å². The van der Waals surface area contributed by atoms with E-state index < -0.39 is 0 Å². The van der Waals surface area contributed by atoms with Crippen LogP contribution in [0.25, 0.3) is 0 Å². The number of aryl methyl sites for hydroxylation is 2. The second-order valence-corrected chi connectivity index (χ2v) is 4.35. The van der Waals surface area contributed by atoms with Crippen molar-refractivity contribution in [2.75, 3.05) is 0 Å². The first-order chi connectivity index (χ1) is 7.06. The minimum absolute atomic E-state index is 0.299. The fourth-order valence-electron chi connectivity index (χ4n) is 2.03. The fraction of sp³-hybridized carbons (Fsp3) is 0.750. The molecule has 0 radical (unpaired) electrons. The van der Waals surface area contributed by atoms with Gasteiger partial charge in [0.2, 0.25) is 0 Å². The van der Waals surface area contributed by atoms with Crippen molar-refractivity contribution in [3.05, 3.63) is 17.0 Å². The smallest absolute Gasteiger partial charge is 0.0628 e. The number of aromatic nitrogens is 2. The maximum Gasteiger partial charge on any atom is 0.0628 e. The largest absolute Gasteiger partial charge is 0.328 e. The molecular weight excluding hydrogens is 186 g/mol. The molecule has 0 fully saturated rings. The molecule has 1 atom stereocenters. The second-order valence-electron chi connectivity index (χ2n) is 4.35. The van der Waals surface area contributed by atoms with Crippen molar-refractivity contribution in [3.63, 3.8) is 0 Å². The van der Waals surface area contributed by atoms with Crippen molar-refractivity contribution in [2.24, 2.45) is 5.73 Å². The van der Waals surface area contributed by atoms with Crippen molar-refractivity contribution in [1.82, 2.24) is 9.78 Å². The molecule has 2 N–H and O–H groups in total. The van der Waals surface area contributed by atoms with Crippen LogP contribution in [0.3, 0.4) is 0 Å². The van der Waals surface area contributed by atoms with E-state index in [2.05, 4.69) is 37.5 Å². The zero-order chi connectivity index (χ0) is 11.4. The van der Waals surface area contributed by atoms with E-state index in [-0.39, 0.29) is 0 Å². The van der Waals surface area contributed by atoms with Gasteiger partial charge in [0.1, 0.15) is 0 Å². The van der Waals surface area contributed by atoms with Gasteiger partial charge in [-0.25, -0.2) is 0 Å². The molecule has 0 aliphatic rings. The van der Waals surface area contributed by atoms with E-state index in [1.807, 2.05) is 0 Å². The monoisotopic (exact) mass is 209 g/mol. The Morgan fingerprint density at radius 3 is 2.53 bits per heavy atom. The normalized spacial score (nSPS) is 13.1. The molecule has 1 aromatic heterocycles. The van der Waals surface area contributed by atoms with Gasteiger partial charge in [0.05, 0.1) is 5.69 Å². The molecular formula is C12H23N3. The molecule has 1 aromatic rings. The van der Waals surface area contributed by atoms with Crippen LogP contribution < -0.4 is 5.73 Å². The van der Waals surface area contributed by atoms with Gasteiger partial charge < -0.3 is 5.73 Å². The van der Waals surface area contributed by atoms with Gasteiger partial charge in [-0.05, 0) is 45.6 Å². The zero-order valence-electron chi connectivity index (χ0n) is 10.4. The number of nitrogens with zero attached hydrogens (tertiary/aromatic N) is 2. The Balaban J connectivity index is 2.62. The first kappa shape index (κ1) is 12.2. The topological polar surface area (TPSA) is 43.8 Å². The Labute approximate surface area is 92.7 Å². The summed E-state index contributed by atoms with van der Waals surface area (Å²) < 4.78 is 2.12. The van der Waals surface area contributed by atoms with E-state index in [0.717, 1.165) is 25.8 Å². The summed E-state index contributed by atoms with van der Waals surface area (Å²) in [6, 6.07) is 0.299. The highest BCUT2D eigenvalue weighted by molar-refractivity contribution is 5.24. The molecule has 1 heterocycles. The van der Waals surface area contributed by atoms with E-state index >= 15 is 0 Å². The lowest BCUT2D eigenvalue weighted by molar-refractivity contribution is 0.514. The van der Waals surface area contributed by atoms with Crippen LogP contribution in [0.1, 0.15) is 43.6 Å². The lowest BCUT2D eigenvalue weighted by Crippen LogP contribution is -2.15. The molecule has 0 aliphatic heterocycles. The molecule has 0 amide bonds. The standard InChI is InChI=1S/C12H23N3/c1-5-12-10(3)14-15(11(12)4)8-6-7-9(2)13/h9H,5-8,13H2,1-4H3. The minimum atomic E-state index is 0.299. The predicted octanol–water partition coefficient (Wildman–Crippen LogP) is 2.19. The molecule has 0 spiro atoms. The molecule has 1 rings (SSSR count). The second kappa shape index (κ2) is 5.31. The van der Waals surface area contributed by atoms with Crippen LogP contribution in [-0.4, -0.2) is 15.8 Å². The molecule has 1 unspecified atom stereocenters. The van der Waals surface area contributed by atoms with Crippen molar-refractivity contribution in [2.45, 2.75) is 59.5 Å². The minimum Gasteiger partial charge on any atom is -0.328 e. The summed E-state index contributed by atoms with van der Waals surface area (Å²) in [4.78, 5) is 0. The van der Waals surface area contributed by atoms with E-state index in [1.54, 1.807) is 0 Å². The molecule has 0 bridgehead atoms. The summed E-state index contributed by atoms with van der Waals surface area (Å²) in [5.74, 6) is 0. The molecule has 0 saturated carbocycles. The van der Waals surface area contributed by atoms with Crippen molar-refractivity contribution < 1.29 is 0 Å². The lowest BCUT2D eigenvalue weighted by Gasteiger charge is -2.06. The summed E-state index contributed by atoms with van der Waals surface area (Å²) in [6.07, 6.45) is 3.26. The van der Waals surface area contributed by atoms with Gasteiger partial charge in [-0.2, -0.15) is 5.10 Å². The van der Waals surface area contributed by atoms with Crippen LogP contribution in [0.4, 0.5) is 0 Å². The SMILES string of the molecule is CCc1c(C)nn(CCCC(C)N)c1C. The molecule has 15 heavy (non-hydrogen) atoms. The van der Waals surface area contributed by atoms with Crippen LogP contribution in [0.5, 0.6) is 0 Å². The average Bonchev–Trinajstić information content (AvgIpc) is 2.41. The zero-order valence-corrected chi connectivity index (χ0v) is 10.4. The molecule has 0 aliphatic carbocycles. The average molecular weight is 209 g/mol. The van der Waals surface area contributed by atoms with Gasteiger partial charge in [0, 0.05) is 18.3 Å². The van der Waals surface area contributed by atoms with Gasteiger partial charge in [0.25, 0.3) is 0 Å². The highest BCUT2D eigenvalue weighted by atomic mass is 15.3. The molecule has 0 saturated heterocycles. The summed E-state index contributed by atoms with van der Waals surface area (Å²) >= 11 is 0. The molecule has 3 nitrogen and oxygen atoms in total. The number of hydrogen-bond acceptors (Lipinski definition) is 2. The van der Waals surface area contributed by atoms with Gasteiger partial charge in [0.15, 0.2) is 0 Å². The summed E-state index contributed by atoms with van der Waals surface area (Å²) in [6.45, 7) is 9.48. The number of nitrogens with two attached hydrogens (primary N) is 1. The Morgan fingerprint density at radius 2 is 2.07 bits per heavy atom. The third-order valence-corrected chi connectivity index (χ3v) is 2.91. The fourth-order valence-corrected chi connectivity index (χ4v) is 2.03. The first-order valence-corrected chi connectivity index (χ1v) is 5.84. The van der Waals surface area contributed by atoms with Gasteiger partial charge >= 0.3 is 0 Å². The van der Waals surface area contributed by atoms with Crippen LogP contribution in [0, 0.1) is 13.8 Å². The maximum absolute atomic E-state index is 5.73. The summed E-state index contributed by atoms with van der Waals surface area (Å²) in [5.41, 5.74) is 9.62. The third kappa shape index (κ3) is 3.06. The first-order valence-electron chi connectivity index (χ1n) is 5.84. The Morgan fingerprint density at radius 1 is 1.40 bits per heavy atom. The van der Waals surface area contributed by atoms with Gasteiger partial charge in [-0.3, -0.25) is 4.68 Å². The number of rotatable bonds is 5. The predicted molar refractivity (Wildman–Crippen MR) is 64.0 cm³/mol. The summed E-state index contributed by atoms with van der Waals surface area (Å²) in [5, 5.41) is 4.55. The Bertz CT molecular complexity index is 313. The lowest BCUT2D eigenvalue weighted by atomic mass is 10.1. The van der Waals surface area contributed by atoms with Crippen LogP contribution in [0.2, 0.25) is 0 Å². The molecule has 86 valence electrons. The van der Waals surface area contributed by atoms with Crippen molar-refractivity contribution >= 4 is 0 Å². The van der Waals surface area contributed by atoms with E-state index in [0.29, 0.717) is 6.04 Å². The quantitative estimate of drug-likeness (QED) is 0.808. The van der Waals surface area contributed by atoms with Gasteiger partial charge in [-0.1, -0.05) is 6.92 Å². The van der Waals surface area contributed by atoms with Gasteiger partial charge in [-0.15, -0.1) is 0 Å². The van der Waals surface area contributed by atoms with E-state index in [1.165, 1.54) is 17.0 Å². The highest BCUT2D eigenvalue weighted by Crippen LogP contribution is 2.14. The van der Waals surface area contributed by atoms with Crippen molar-refractivity contribution in [3.8, 4) is 0 Å².